The second-order valence-electron chi connectivity index (χ2n) is 6.97. The van der Waals surface area contributed by atoms with E-state index in [1.807, 2.05) is 19.1 Å². The van der Waals surface area contributed by atoms with Crippen molar-refractivity contribution in [2.24, 2.45) is 0 Å². The summed E-state index contributed by atoms with van der Waals surface area (Å²) in [5, 5.41) is 0. The highest BCUT2D eigenvalue weighted by Crippen LogP contribution is 2.43. The lowest BCUT2D eigenvalue weighted by molar-refractivity contribution is -0.116. The summed E-state index contributed by atoms with van der Waals surface area (Å²) in [6.07, 6.45) is 0.456. The number of benzene rings is 1. The smallest absolute Gasteiger partial charge is 0.263 e. The Balaban J connectivity index is 1.62. The molecule has 3 heterocycles. The maximum atomic E-state index is 12.9. The van der Waals surface area contributed by atoms with Crippen molar-refractivity contribution in [3.8, 4) is 0 Å². The van der Waals surface area contributed by atoms with Crippen molar-refractivity contribution >= 4 is 38.7 Å². The van der Waals surface area contributed by atoms with Gasteiger partial charge < -0.3 is 4.90 Å². The molecule has 8 heteroatoms. The van der Waals surface area contributed by atoms with Crippen molar-refractivity contribution < 1.29 is 18.0 Å². The van der Waals surface area contributed by atoms with Crippen LogP contribution in [0.15, 0.2) is 42.5 Å². The lowest BCUT2D eigenvalue weighted by atomic mass is 10.0. The molecule has 0 unspecified atom stereocenters. The molecule has 2 aliphatic heterocycles. The van der Waals surface area contributed by atoms with Crippen molar-refractivity contribution in [3.05, 3.63) is 52.2 Å². The van der Waals surface area contributed by atoms with Gasteiger partial charge in [0.25, 0.3) is 5.91 Å². The van der Waals surface area contributed by atoms with Crippen molar-refractivity contribution in [2.75, 3.05) is 23.7 Å². The molecule has 0 atom stereocenters. The molecule has 1 aromatic carbocycles. The average molecular weight is 405 g/mol. The monoisotopic (exact) mass is 404 g/mol. The van der Waals surface area contributed by atoms with E-state index in [2.05, 4.69) is 0 Å². The van der Waals surface area contributed by atoms with E-state index in [1.165, 1.54) is 16.2 Å². The molecule has 1 aromatic heterocycles. The van der Waals surface area contributed by atoms with Crippen molar-refractivity contribution in [2.45, 2.75) is 24.6 Å². The van der Waals surface area contributed by atoms with Gasteiger partial charge in [-0.05, 0) is 31.2 Å². The van der Waals surface area contributed by atoms with Gasteiger partial charge in [-0.25, -0.2) is 8.42 Å². The SMILES string of the molecule is Cc1ccc(C(=O)N2CCC3(CC2)N(c2ccccc2)C(=O)CS3(=O)=O)s1. The summed E-state index contributed by atoms with van der Waals surface area (Å²) in [5.41, 5.74) is 0.595. The van der Waals surface area contributed by atoms with Gasteiger partial charge in [0.15, 0.2) is 14.7 Å². The summed E-state index contributed by atoms with van der Waals surface area (Å²) in [5.74, 6) is -0.939. The Kier molecular flexibility index (Phi) is 4.35. The molecule has 4 rings (SSSR count). The Hall–Kier alpha value is -2.19. The van der Waals surface area contributed by atoms with Crippen LogP contribution in [0.4, 0.5) is 5.69 Å². The van der Waals surface area contributed by atoms with Crippen LogP contribution in [0, 0.1) is 6.92 Å². The fraction of sp³-hybridized carbons (Fsp3) is 0.368. The number of para-hydroxylation sites is 1. The number of hydrogen-bond donors (Lipinski definition) is 0. The zero-order valence-electron chi connectivity index (χ0n) is 14.9. The Morgan fingerprint density at radius 3 is 2.33 bits per heavy atom. The number of amides is 2. The first-order chi connectivity index (χ1) is 12.8. The highest BCUT2D eigenvalue weighted by molar-refractivity contribution is 7.94. The van der Waals surface area contributed by atoms with Crippen LogP contribution in [0.5, 0.6) is 0 Å². The Labute approximate surface area is 162 Å². The number of carbonyl (C=O) groups excluding carboxylic acids is 2. The molecule has 1 spiro atoms. The second kappa shape index (κ2) is 6.45. The van der Waals surface area contributed by atoms with Crippen LogP contribution in [-0.4, -0.2) is 48.8 Å². The normalized spacial score (nSPS) is 21.0. The van der Waals surface area contributed by atoms with E-state index in [0.29, 0.717) is 23.7 Å². The first-order valence-corrected chi connectivity index (χ1v) is 11.3. The predicted octanol–water partition coefficient (Wildman–Crippen LogP) is 2.45. The van der Waals surface area contributed by atoms with Gasteiger partial charge in [-0.3, -0.25) is 14.5 Å². The third-order valence-electron chi connectivity index (χ3n) is 5.35. The van der Waals surface area contributed by atoms with E-state index >= 15 is 0 Å². The van der Waals surface area contributed by atoms with Gasteiger partial charge in [0.1, 0.15) is 5.75 Å². The van der Waals surface area contributed by atoms with Crippen LogP contribution in [-0.2, 0) is 14.6 Å². The molecule has 142 valence electrons. The van der Waals surface area contributed by atoms with Gasteiger partial charge in [-0.2, -0.15) is 0 Å². The molecule has 27 heavy (non-hydrogen) atoms. The van der Waals surface area contributed by atoms with E-state index in [0.717, 1.165) is 4.88 Å². The van der Waals surface area contributed by atoms with E-state index in [-0.39, 0.29) is 18.7 Å². The molecule has 2 saturated heterocycles. The van der Waals surface area contributed by atoms with Crippen LogP contribution >= 0.6 is 11.3 Å². The van der Waals surface area contributed by atoms with Crippen molar-refractivity contribution in [3.63, 3.8) is 0 Å². The topological polar surface area (TPSA) is 74.8 Å². The molecule has 2 aromatic rings. The van der Waals surface area contributed by atoms with E-state index in [4.69, 9.17) is 0 Å². The molecule has 6 nitrogen and oxygen atoms in total. The summed E-state index contributed by atoms with van der Waals surface area (Å²) in [4.78, 5) is 28.9. The Morgan fingerprint density at radius 2 is 1.74 bits per heavy atom. The zero-order valence-corrected chi connectivity index (χ0v) is 16.6. The highest BCUT2D eigenvalue weighted by Gasteiger charge is 2.59. The third-order valence-corrected chi connectivity index (χ3v) is 8.71. The first-order valence-electron chi connectivity index (χ1n) is 8.80. The number of rotatable bonds is 2. The van der Waals surface area contributed by atoms with Crippen LogP contribution < -0.4 is 4.90 Å². The summed E-state index contributed by atoms with van der Waals surface area (Å²) in [7, 11) is -3.62. The van der Waals surface area contributed by atoms with Crippen LogP contribution in [0.25, 0.3) is 0 Å². The minimum absolute atomic E-state index is 0.0732. The van der Waals surface area contributed by atoms with Crippen LogP contribution in [0.1, 0.15) is 27.4 Å². The van der Waals surface area contributed by atoms with Crippen LogP contribution in [0.3, 0.4) is 0 Å². The number of sulfone groups is 1. The zero-order chi connectivity index (χ0) is 19.2. The second-order valence-corrected chi connectivity index (χ2v) is 10.5. The molecule has 2 aliphatic rings. The minimum atomic E-state index is -3.62. The number of hydrogen-bond acceptors (Lipinski definition) is 5. The predicted molar refractivity (Wildman–Crippen MR) is 105 cm³/mol. The van der Waals surface area contributed by atoms with Crippen molar-refractivity contribution in [1.82, 2.24) is 4.90 Å². The van der Waals surface area contributed by atoms with E-state index < -0.39 is 26.4 Å². The lowest BCUT2D eigenvalue weighted by Gasteiger charge is -2.43. The number of likely N-dealkylation sites (tertiary alicyclic amines) is 1. The molecular formula is C19H20N2O4S2. The number of nitrogens with zero attached hydrogens (tertiary/aromatic N) is 2. The van der Waals surface area contributed by atoms with Gasteiger partial charge in [0, 0.05) is 36.5 Å². The summed E-state index contributed by atoms with van der Waals surface area (Å²) >= 11 is 1.44. The van der Waals surface area contributed by atoms with Gasteiger partial charge in [-0.1, -0.05) is 18.2 Å². The highest BCUT2D eigenvalue weighted by atomic mass is 32.2. The Morgan fingerprint density at radius 1 is 1.07 bits per heavy atom. The molecule has 2 amide bonds. The third kappa shape index (κ3) is 2.87. The summed E-state index contributed by atoms with van der Waals surface area (Å²) in [6, 6.07) is 12.6. The van der Waals surface area contributed by atoms with E-state index in [9.17, 15) is 18.0 Å². The average Bonchev–Trinajstić information content (AvgIpc) is 3.15. The number of carbonyl (C=O) groups is 2. The molecule has 0 bridgehead atoms. The van der Waals surface area contributed by atoms with Gasteiger partial charge >= 0.3 is 0 Å². The quantitative estimate of drug-likeness (QED) is 0.771. The number of anilines is 1. The molecule has 0 aliphatic carbocycles. The molecule has 0 N–H and O–H groups in total. The van der Waals surface area contributed by atoms with Gasteiger partial charge in [-0.15, -0.1) is 11.3 Å². The number of piperidine rings is 1. The lowest BCUT2D eigenvalue weighted by Crippen LogP contribution is -2.57. The largest absolute Gasteiger partial charge is 0.338 e. The number of thiophene rings is 1. The maximum Gasteiger partial charge on any atom is 0.263 e. The first kappa shape index (κ1) is 18.2. The Bertz CT molecular complexity index is 990. The molecule has 0 saturated carbocycles. The van der Waals surface area contributed by atoms with Gasteiger partial charge in [0.05, 0.1) is 4.88 Å². The summed E-state index contributed by atoms with van der Waals surface area (Å²) in [6.45, 7) is 2.57. The van der Waals surface area contributed by atoms with Gasteiger partial charge in [0.2, 0.25) is 5.91 Å². The van der Waals surface area contributed by atoms with E-state index in [1.54, 1.807) is 35.2 Å². The minimum Gasteiger partial charge on any atom is -0.338 e. The molecule has 2 fully saturated rings. The van der Waals surface area contributed by atoms with Crippen molar-refractivity contribution in [1.29, 1.82) is 0 Å². The molecular weight excluding hydrogens is 384 g/mol. The van der Waals surface area contributed by atoms with Crippen LogP contribution in [0.2, 0.25) is 0 Å². The fourth-order valence-electron chi connectivity index (χ4n) is 3.98. The summed E-state index contributed by atoms with van der Waals surface area (Å²) < 4.78 is 25.8. The molecule has 0 radical (unpaired) electrons. The number of aryl methyl sites for hydroxylation is 1. The fourth-order valence-corrected chi connectivity index (χ4v) is 6.83. The maximum absolute atomic E-state index is 12.9. The standard InChI is InChI=1S/C19H20N2O4S2/c1-14-7-8-16(26-14)18(23)20-11-9-19(10-12-20)21(15-5-3-2-4-6-15)17(22)13-27(19,24)25/h2-8H,9-13H2,1H3.